The van der Waals surface area contributed by atoms with Gasteiger partial charge >= 0.3 is 6.03 Å². The van der Waals surface area contributed by atoms with Gasteiger partial charge in [0.2, 0.25) is 0 Å². The molecule has 1 aromatic carbocycles. The van der Waals surface area contributed by atoms with E-state index in [0.29, 0.717) is 23.8 Å². The average Bonchev–Trinajstić information content (AvgIpc) is 2.82. The second-order valence-electron chi connectivity index (χ2n) is 7.10. The Labute approximate surface area is 151 Å². The molecule has 2 fully saturated rings. The minimum atomic E-state index is -0.752. The number of urea groups is 1. The Morgan fingerprint density at radius 2 is 2.20 bits per heavy atom. The second kappa shape index (κ2) is 6.18. The largest absolute Gasteiger partial charge is 0.467 e. The second-order valence-corrected chi connectivity index (χ2v) is 7.54. The first-order chi connectivity index (χ1) is 12.0. The van der Waals surface area contributed by atoms with Gasteiger partial charge < -0.3 is 14.8 Å². The number of carbonyl (C=O) groups is 2. The molecule has 1 N–H and O–H groups in total. The van der Waals surface area contributed by atoms with Crippen LogP contribution in [0.3, 0.4) is 0 Å². The molecule has 0 aromatic heterocycles. The molecule has 6 nitrogen and oxygen atoms in total. The summed E-state index contributed by atoms with van der Waals surface area (Å²) in [5.41, 5.74) is 0.814. The zero-order valence-corrected chi connectivity index (χ0v) is 14.9. The number of fused-ring (bicyclic) bond motifs is 1. The molecule has 7 heteroatoms. The van der Waals surface area contributed by atoms with Gasteiger partial charge in [-0.2, -0.15) is 0 Å². The van der Waals surface area contributed by atoms with Crippen LogP contribution in [0.5, 0.6) is 5.75 Å². The molecule has 1 aromatic rings. The molecule has 1 aliphatic carbocycles. The molecular formula is C18H21ClN2O4. The number of nitrogens with zero attached hydrogens (tertiary/aromatic N) is 1. The fourth-order valence-electron chi connectivity index (χ4n) is 4.18. The summed E-state index contributed by atoms with van der Waals surface area (Å²) in [6.07, 6.45) is 3.71. The number of ether oxygens (including phenoxy) is 2. The zero-order valence-electron chi connectivity index (χ0n) is 14.1. The van der Waals surface area contributed by atoms with Crippen molar-refractivity contribution < 1.29 is 19.1 Å². The van der Waals surface area contributed by atoms with E-state index in [1.807, 2.05) is 6.92 Å². The molecule has 3 aliphatic rings. The molecule has 1 spiro atoms. The minimum absolute atomic E-state index is 0.134. The smallest absolute Gasteiger partial charge is 0.325 e. The zero-order chi connectivity index (χ0) is 17.6. The number of hydrogen-bond donors (Lipinski definition) is 1. The van der Waals surface area contributed by atoms with Crippen LogP contribution in [0, 0.1) is 5.92 Å². The number of nitrogens with one attached hydrogen (secondary N) is 1. The van der Waals surface area contributed by atoms with Crippen molar-refractivity contribution in [1.82, 2.24) is 10.2 Å². The van der Waals surface area contributed by atoms with Crippen molar-refractivity contribution in [3.05, 3.63) is 28.3 Å². The maximum Gasteiger partial charge on any atom is 0.325 e. The van der Waals surface area contributed by atoms with E-state index in [9.17, 15) is 9.59 Å². The summed E-state index contributed by atoms with van der Waals surface area (Å²) in [5, 5.41) is 3.51. The molecule has 2 heterocycles. The third kappa shape index (κ3) is 2.68. The van der Waals surface area contributed by atoms with Gasteiger partial charge in [-0.25, -0.2) is 4.79 Å². The Kier molecular flexibility index (Phi) is 4.12. The van der Waals surface area contributed by atoms with Crippen LogP contribution in [0.25, 0.3) is 0 Å². The summed E-state index contributed by atoms with van der Waals surface area (Å²) in [4.78, 5) is 27.0. The highest BCUT2D eigenvalue weighted by Gasteiger charge is 2.54. The Morgan fingerprint density at radius 1 is 1.36 bits per heavy atom. The molecule has 2 atom stereocenters. The number of imide groups is 1. The Bertz CT molecular complexity index is 738. The van der Waals surface area contributed by atoms with E-state index in [0.717, 1.165) is 30.4 Å². The van der Waals surface area contributed by atoms with Crippen LogP contribution in [-0.2, 0) is 22.7 Å². The van der Waals surface area contributed by atoms with Crippen molar-refractivity contribution in [1.29, 1.82) is 0 Å². The number of hydrogen-bond acceptors (Lipinski definition) is 4. The van der Waals surface area contributed by atoms with Gasteiger partial charge in [0.05, 0.1) is 13.2 Å². The molecule has 134 valence electrons. The molecule has 1 saturated carbocycles. The molecule has 4 rings (SSSR count). The average molecular weight is 365 g/mol. The first-order valence-electron chi connectivity index (χ1n) is 8.67. The number of benzene rings is 1. The van der Waals surface area contributed by atoms with E-state index in [2.05, 4.69) is 5.32 Å². The van der Waals surface area contributed by atoms with Crippen molar-refractivity contribution in [2.45, 2.75) is 51.3 Å². The fraction of sp³-hybridized carbons (Fsp3) is 0.556. The van der Waals surface area contributed by atoms with Gasteiger partial charge in [-0.05, 0) is 30.9 Å². The lowest BCUT2D eigenvalue weighted by Gasteiger charge is -2.36. The molecule has 0 radical (unpaired) electrons. The molecule has 25 heavy (non-hydrogen) atoms. The van der Waals surface area contributed by atoms with Crippen LogP contribution >= 0.6 is 11.6 Å². The SMILES string of the molecule is C[C@@H]1CCCC[C@@]12NC(=O)N(Cc1cc(Cl)cc3c1OCOC3)C2=O. The van der Waals surface area contributed by atoms with Gasteiger partial charge in [0, 0.05) is 16.1 Å². The molecule has 0 unspecified atom stereocenters. The van der Waals surface area contributed by atoms with E-state index in [4.69, 9.17) is 21.1 Å². The lowest BCUT2D eigenvalue weighted by molar-refractivity contribution is -0.134. The van der Waals surface area contributed by atoms with E-state index in [1.54, 1.807) is 12.1 Å². The Hall–Kier alpha value is -1.79. The monoisotopic (exact) mass is 364 g/mol. The fourth-order valence-corrected chi connectivity index (χ4v) is 4.45. The Morgan fingerprint density at radius 3 is 3.00 bits per heavy atom. The van der Waals surface area contributed by atoms with Crippen LogP contribution in [0.1, 0.15) is 43.7 Å². The highest BCUT2D eigenvalue weighted by molar-refractivity contribution is 6.30. The number of halogens is 1. The summed E-state index contributed by atoms with van der Waals surface area (Å²) >= 11 is 6.19. The maximum atomic E-state index is 13.1. The standard InChI is InChI=1S/C18H21ClN2O4/c1-11-4-2-3-5-18(11)16(22)21(17(23)20-18)8-12-6-14(19)7-13-9-24-10-25-15(12)13/h6-7,11H,2-5,8-10H2,1H3,(H,20,23)/t11-,18-/m1/s1. The number of amides is 3. The molecule has 3 amide bonds. The minimum Gasteiger partial charge on any atom is -0.467 e. The molecule has 1 saturated heterocycles. The number of carbonyl (C=O) groups excluding carboxylic acids is 2. The molecular weight excluding hydrogens is 344 g/mol. The van der Waals surface area contributed by atoms with Gasteiger partial charge in [-0.1, -0.05) is 31.4 Å². The van der Waals surface area contributed by atoms with Gasteiger partial charge in [0.1, 0.15) is 11.3 Å². The topological polar surface area (TPSA) is 67.9 Å². The molecule has 0 bridgehead atoms. The third-order valence-electron chi connectivity index (χ3n) is 5.58. The summed E-state index contributed by atoms with van der Waals surface area (Å²) in [6.45, 7) is 2.76. The van der Waals surface area contributed by atoms with Crippen LogP contribution < -0.4 is 10.1 Å². The first-order valence-corrected chi connectivity index (χ1v) is 9.05. The van der Waals surface area contributed by atoms with E-state index < -0.39 is 5.54 Å². The Balaban J connectivity index is 1.64. The molecule has 2 aliphatic heterocycles. The third-order valence-corrected chi connectivity index (χ3v) is 5.80. The summed E-state index contributed by atoms with van der Waals surface area (Å²) in [5.74, 6) is 0.667. The van der Waals surface area contributed by atoms with Gasteiger partial charge in [-0.3, -0.25) is 9.69 Å². The van der Waals surface area contributed by atoms with Crippen LogP contribution in [0.2, 0.25) is 5.02 Å². The van der Waals surface area contributed by atoms with Crippen molar-refractivity contribution in [2.24, 2.45) is 5.92 Å². The van der Waals surface area contributed by atoms with E-state index in [-0.39, 0.29) is 31.2 Å². The summed E-state index contributed by atoms with van der Waals surface area (Å²) in [6, 6.07) is 3.21. The van der Waals surface area contributed by atoms with Crippen LogP contribution in [-0.4, -0.2) is 29.2 Å². The van der Waals surface area contributed by atoms with Crippen molar-refractivity contribution in [2.75, 3.05) is 6.79 Å². The number of rotatable bonds is 2. The quantitative estimate of drug-likeness (QED) is 0.818. The van der Waals surface area contributed by atoms with Crippen LogP contribution in [0.15, 0.2) is 12.1 Å². The summed E-state index contributed by atoms with van der Waals surface area (Å²) < 4.78 is 10.9. The highest BCUT2D eigenvalue weighted by Crippen LogP contribution is 2.40. The van der Waals surface area contributed by atoms with Crippen LogP contribution in [0.4, 0.5) is 4.79 Å². The first kappa shape index (κ1) is 16.7. The van der Waals surface area contributed by atoms with Crippen molar-refractivity contribution >= 4 is 23.5 Å². The van der Waals surface area contributed by atoms with E-state index in [1.165, 1.54) is 4.90 Å². The lowest BCUT2D eigenvalue weighted by atomic mass is 9.73. The highest BCUT2D eigenvalue weighted by atomic mass is 35.5. The predicted octanol–water partition coefficient (Wildman–Crippen LogP) is 3.21. The lowest BCUT2D eigenvalue weighted by Crippen LogP contribution is -2.53. The summed E-state index contributed by atoms with van der Waals surface area (Å²) in [7, 11) is 0. The van der Waals surface area contributed by atoms with E-state index >= 15 is 0 Å². The predicted molar refractivity (Wildman–Crippen MR) is 91.2 cm³/mol. The van der Waals surface area contributed by atoms with Gasteiger partial charge in [0.25, 0.3) is 5.91 Å². The van der Waals surface area contributed by atoms with Gasteiger partial charge in [-0.15, -0.1) is 0 Å². The van der Waals surface area contributed by atoms with Crippen molar-refractivity contribution in [3.63, 3.8) is 0 Å². The normalized spacial score (nSPS) is 28.7. The van der Waals surface area contributed by atoms with Crippen molar-refractivity contribution in [3.8, 4) is 5.75 Å². The maximum absolute atomic E-state index is 13.1. The van der Waals surface area contributed by atoms with Gasteiger partial charge in [0.15, 0.2) is 6.79 Å².